The zero-order valence-electron chi connectivity index (χ0n) is 12.4. The molecule has 1 aromatic rings. The molecule has 0 bridgehead atoms. The molecule has 2 rings (SSSR count). The number of hydrogen-bond acceptors (Lipinski definition) is 5. The predicted octanol–water partition coefficient (Wildman–Crippen LogP) is 1.09. The van der Waals surface area contributed by atoms with Crippen molar-refractivity contribution in [1.82, 2.24) is 15.6 Å². The van der Waals surface area contributed by atoms with E-state index in [0.717, 1.165) is 25.9 Å². The molecule has 0 atom stereocenters. The molecule has 0 radical (unpaired) electrons. The van der Waals surface area contributed by atoms with Crippen LogP contribution < -0.4 is 10.6 Å². The molecule has 22 heavy (non-hydrogen) atoms. The Labute approximate surface area is 134 Å². The van der Waals surface area contributed by atoms with Crippen LogP contribution in [-0.4, -0.2) is 49.2 Å². The topological polar surface area (TPSA) is 109 Å². The van der Waals surface area contributed by atoms with Gasteiger partial charge in [-0.2, -0.15) is 0 Å². The molecule has 0 aliphatic carbocycles. The first-order chi connectivity index (χ1) is 10.1. The molecule has 0 spiro atoms. The van der Waals surface area contributed by atoms with E-state index in [1.165, 1.54) is 12.1 Å². The summed E-state index contributed by atoms with van der Waals surface area (Å²) in [5, 5.41) is 16.7. The zero-order chi connectivity index (χ0) is 15.3. The Morgan fingerprint density at radius 1 is 1.45 bits per heavy atom. The quantitative estimate of drug-likeness (QED) is 0.533. The second kappa shape index (κ2) is 8.11. The van der Waals surface area contributed by atoms with E-state index in [1.54, 1.807) is 7.11 Å². The number of rotatable bonds is 6. The van der Waals surface area contributed by atoms with Gasteiger partial charge < -0.3 is 25.5 Å². The van der Waals surface area contributed by atoms with Crippen molar-refractivity contribution >= 4 is 24.1 Å². The normalized spacial score (nSPS) is 16.6. The summed E-state index contributed by atoms with van der Waals surface area (Å²) in [5.74, 6) is -0.522. The number of hydrogen-bond donors (Lipinski definition) is 3. The highest BCUT2D eigenvalue weighted by Crippen LogP contribution is 2.28. The van der Waals surface area contributed by atoms with Crippen molar-refractivity contribution in [3.05, 3.63) is 27.9 Å². The lowest BCUT2D eigenvalue weighted by Gasteiger charge is -2.37. The van der Waals surface area contributed by atoms with E-state index in [4.69, 9.17) is 4.74 Å². The van der Waals surface area contributed by atoms with Gasteiger partial charge in [0.15, 0.2) is 5.69 Å². The van der Waals surface area contributed by atoms with E-state index < -0.39 is 4.92 Å². The summed E-state index contributed by atoms with van der Waals surface area (Å²) in [4.78, 5) is 24.6. The van der Waals surface area contributed by atoms with Gasteiger partial charge in [-0.3, -0.25) is 4.79 Å². The number of nitrogens with zero attached hydrogens (tertiary/aromatic N) is 1. The van der Waals surface area contributed by atoms with Gasteiger partial charge >= 0.3 is 5.82 Å². The Bertz CT molecular complexity index is 508. The number of carbonyl (C=O) groups excluding carboxylic acids is 1. The molecule has 1 aliphatic heterocycles. The minimum atomic E-state index is -0.560. The fourth-order valence-corrected chi connectivity index (χ4v) is 2.62. The highest BCUT2D eigenvalue weighted by molar-refractivity contribution is 5.92. The van der Waals surface area contributed by atoms with E-state index >= 15 is 0 Å². The molecular weight excluding hydrogens is 312 g/mol. The number of amides is 1. The van der Waals surface area contributed by atoms with Crippen LogP contribution in [0.5, 0.6) is 0 Å². The Morgan fingerprint density at radius 2 is 2.14 bits per heavy atom. The monoisotopic (exact) mass is 332 g/mol. The van der Waals surface area contributed by atoms with Gasteiger partial charge in [-0.25, -0.2) is 4.98 Å². The lowest BCUT2D eigenvalue weighted by Crippen LogP contribution is -2.47. The van der Waals surface area contributed by atoms with Crippen molar-refractivity contribution in [2.45, 2.75) is 12.8 Å². The molecule has 1 amide bonds. The molecule has 9 heteroatoms. The van der Waals surface area contributed by atoms with Crippen LogP contribution in [0.25, 0.3) is 0 Å². The Kier molecular flexibility index (Phi) is 6.79. The fourth-order valence-electron chi connectivity index (χ4n) is 2.62. The number of halogens is 1. The maximum atomic E-state index is 12.0. The van der Waals surface area contributed by atoms with Crippen molar-refractivity contribution in [3.8, 4) is 0 Å². The molecule has 1 aliphatic rings. The number of H-pyrrole nitrogens is 1. The van der Waals surface area contributed by atoms with E-state index in [9.17, 15) is 14.9 Å². The van der Waals surface area contributed by atoms with E-state index in [2.05, 4.69) is 15.6 Å². The van der Waals surface area contributed by atoms with Gasteiger partial charge in [-0.1, -0.05) is 0 Å². The van der Waals surface area contributed by atoms with Crippen molar-refractivity contribution in [2.75, 3.05) is 33.4 Å². The highest BCUT2D eigenvalue weighted by atomic mass is 35.5. The van der Waals surface area contributed by atoms with E-state index in [1.807, 2.05) is 0 Å². The van der Waals surface area contributed by atoms with Crippen LogP contribution in [0.1, 0.15) is 23.3 Å². The van der Waals surface area contributed by atoms with Crippen molar-refractivity contribution in [2.24, 2.45) is 5.41 Å². The first kappa shape index (κ1) is 18.4. The molecule has 124 valence electrons. The number of nitrogens with one attached hydrogen (secondary N) is 3. The third kappa shape index (κ3) is 4.43. The van der Waals surface area contributed by atoms with Gasteiger partial charge in [0.05, 0.1) is 6.61 Å². The zero-order valence-corrected chi connectivity index (χ0v) is 13.2. The second-order valence-electron chi connectivity index (χ2n) is 5.38. The number of nitro groups is 1. The summed E-state index contributed by atoms with van der Waals surface area (Å²) >= 11 is 0. The third-order valence-corrected chi connectivity index (χ3v) is 3.85. The van der Waals surface area contributed by atoms with Gasteiger partial charge in [-0.15, -0.1) is 12.4 Å². The average Bonchev–Trinajstić information content (AvgIpc) is 2.96. The predicted molar refractivity (Wildman–Crippen MR) is 83.4 cm³/mol. The number of ether oxygens (including phenoxy) is 1. The summed E-state index contributed by atoms with van der Waals surface area (Å²) in [6.45, 7) is 2.87. The Balaban J connectivity index is 0.00000242. The summed E-state index contributed by atoms with van der Waals surface area (Å²) in [7, 11) is 1.65. The first-order valence-corrected chi connectivity index (χ1v) is 6.88. The molecule has 0 unspecified atom stereocenters. The van der Waals surface area contributed by atoms with Crippen LogP contribution in [0.2, 0.25) is 0 Å². The standard InChI is InChI=1S/C13H20N4O4.ClH/c1-21-9-13(4-6-14-7-5-13)8-15-12(18)10-2-3-11(16-10)17(19)20;/h2-3,14,16H,4-9H2,1H3,(H,15,18);1H. The largest absolute Gasteiger partial charge is 0.384 e. The Hall–Kier alpha value is -1.64. The fraction of sp³-hybridized carbons (Fsp3) is 0.615. The third-order valence-electron chi connectivity index (χ3n) is 3.85. The van der Waals surface area contributed by atoms with E-state index in [0.29, 0.717) is 13.2 Å². The van der Waals surface area contributed by atoms with Crippen LogP contribution in [0.4, 0.5) is 5.82 Å². The summed E-state index contributed by atoms with van der Waals surface area (Å²) < 4.78 is 5.28. The molecule has 3 N–H and O–H groups in total. The molecule has 1 fully saturated rings. The number of carbonyl (C=O) groups is 1. The Morgan fingerprint density at radius 3 is 2.68 bits per heavy atom. The number of aromatic nitrogens is 1. The lowest BCUT2D eigenvalue weighted by atomic mass is 9.79. The van der Waals surface area contributed by atoms with Crippen LogP contribution in [0, 0.1) is 15.5 Å². The van der Waals surface area contributed by atoms with E-state index in [-0.39, 0.29) is 35.2 Å². The van der Waals surface area contributed by atoms with Crippen LogP contribution >= 0.6 is 12.4 Å². The van der Waals surface area contributed by atoms with Gasteiger partial charge in [0.2, 0.25) is 0 Å². The van der Waals surface area contributed by atoms with Crippen LogP contribution in [0.15, 0.2) is 12.1 Å². The number of aromatic amines is 1. The molecule has 0 saturated carbocycles. The van der Waals surface area contributed by atoms with Crippen LogP contribution in [-0.2, 0) is 4.74 Å². The van der Waals surface area contributed by atoms with Gasteiger partial charge in [0.1, 0.15) is 0 Å². The number of piperidine rings is 1. The summed E-state index contributed by atoms with van der Waals surface area (Å²) in [5.41, 5.74) is 0.122. The van der Waals surface area contributed by atoms with Crippen molar-refractivity contribution in [1.29, 1.82) is 0 Å². The van der Waals surface area contributed by atoms with Crippen molar-refractivity contribution in [3.63, 3.8) is 0 Å². The second-order valence-corrected chi connectivity index (χ2v) is 5.38. The van der Waals surface area contributed by atoms with Gasteiger partial charge in [0.25, 0.3) is 5.91 Å². The highest BCUT2D eigenvalue weighted by Gasteiger charge is 2.33. The molecule has 8 nitrogen and oxygen atoms in total. The van der Waals surface area contributed by atoms with Gasteiger partial charge in [0, 0.05) is 25.1 Å². The average molecular weight is 333 g/mol. The molecule has 2 heterocycles. The smallest absolute Gasteiger partial charge is 0.321 e. The maximum absolute atomic E-state index is 12.0. The molecule has 0 aromatic carbocycles. The maximum Gasteiger partial charge on any atom is 0.321 e. The molecule has 1 aromatic heterocycles. The summed E-state index contributed by atoms with van der Waals surface area (Å²) in [6, 6.07) is 2.70. The van der Waals surface area contributed by atoms with Crippen LogP contribution in [0.3, 0.4) is 0 Å². The number of methoxy groups -OCH3 is 1. The molecular formula is C13H21ClN4O4. The van der Waals surface area contributed by atoms with Gasteiger partial charge in [-0.05, 0) is 36.9 Å². The lowest BCUT2D eigenvalue weighted by molar-refractivity contribution is -0.389. The SMILES string of the molecule is COCC1(CNC(=O)c2ccc([N+](=O)[O-])[nH]2)CCNCC1.Cl. The minimum absolute atomic E-state index is 0. The first-order valence-electron chi connectivity index (χ1n) is 6.88. The summed E-state index contributed by atoms with van der Waals surface area (Å²) in [6.07, 6.45) is 1.85. The molecule has 1 saturated heterocycles. The van der Waals surface area contributed by atoms with Crippen molar-refractivity contribution < 1.29 is 14.5 Å². The minimum Gasteiger partial charge on any atom is -0.384 e.